The molecule has 21 heavy (non-hydrogen) atoms. The number of nitriles is 1. The first kappa shape index (κ1) is 17.5. The van der Waals surface area contributed by atoms with Gasteiger partial charge in [0.05, 0.1) is 28.9 Å². The summed E-state index contributed by atoms with van der Waals surface area (Å²) in [4.78, 5) is 0.150. The van der Waals surface area contributed by atoms with E-state index in [2.05, 4.69) is 10.1 Å². The second kappa shape index (κ2) is 8.67. The van der Waals surface area contributed by atoms with Crippen LogP contribution in [0.5, 0.6) is 0 Å². The fourth-order valence-electron chi connectivity index (χ4n) is 1.50. The van der Waals surface area contributed by atoms with Gasteiger partial charge in [0.2, 0.25) is 0 Å². The van der Waals surface area contributed by atoms with Gasteiger partial charge in [-0.05, 0) is 24.3 Å². The Kier molecular flexibility index (Phi) is 7.22. The minimum absolute atomic E-state index is 0.0985. The van der Waals surface area contributed by atoms with E-state index in [1.54, 1.807) is 0 Å². The number of ether oxygens (including phenoxy) is 1. The lowest BCUT2D eigenvalue weighted by molar-refractivity contribution is 0.0189. The van der Waals surface area contributed by atoms with Crippen LogP contribution in [-0.2, 0) is 14.6 Å². The van der Waals surface area contributed by atoms with Crippen molar-refractivity contribution >= 4 is 9.84 Å². The monoisotopic (exact) mass is 318 g/mol. The minimum Gasteiger partial charge on any atom is -0.374 e. The van der Waals surface area contributed by atoms with Crippen molar-refractivity contribution in [3.63, 3.8) is 0 Å². The topological polar surface area (TPSA) is 79.2 Å². The van der Waals surface area contributed by atoms with E-state index in [1.807, 2.05) is 6.07 Å². The Morgan fingerprint density at radius 2 is 1.90 bits per heavy atom. The zero-order valence-corrected chi connectivity index (χ0v) is 12.1. The van der Waals surface area contributed by atoms with Crippen LogP contribution >= 0.6 is 0 Å². The van der Waals surface area contributed by atoms with Crippen LogP contribution in [0.4, 0.5) is 8.78 Å². The second-order valence-corrected chi connectivity index (χ2v) is 6.28. The number of hydrogen-bond acceptors (Lipinski definition) is 5. The summed E-state index contributed by atoms with van der Waals surface area (Å²) in [6.45, 7) is -0.0253. The van der Waals surface area contributed by atoms with Gasteiger partial charge in [0.1, 0.15) is 6.61 Å². The highest BCUT2D eigenvalue weighted by molar-refractivity contribution is 7.91. The van der Waals surface area contributed by atoms with Crippen LogP contribution in [-0.4, -0.2) is 46.9 Å². The molecule has 0 unspecified atom stereocenters. The number of sulfone groups is 1. The van der Waals surface area contributed by atoms with Crippen molar-refractivity contribution in [2.75, 3.05) is 32.1 Å². The molecule has 8 heteroatoms. The number of nitrogens with one attached hydrogen (secondary N) is 1. The maximum Gasteiger partial charge on any atom is 0.261 e. The molecule has 0 aromatic heterocycles. The highest BCUT2D eigenvalue weighted by Crippen LogP contribution is 2.11. The van der Waals surface area contributed by atoms with E-state index in [-0.39, 0.29) is 23.8 Å². The Bertz CT molecular complexity index is 568. The summed E-state index contributed by atoms with van der Waals surface area (Å²) in [6.07, 6.45) is -2.50. The van der Waals surface area contributed by atoms with Gasteiger partial charge in [-0.1, -0.05) is 0 Å². The van der Waals surface area contributed by atoms with Crippen LogP contribution in [0.25, 0.3) is 0 Å². The summed E-state index contributed by atoms with van der Waals surface area (Å²) in [5, 5.41) is 11.4. The number of rotatable bonds is 9. The lowest BCUT2D eigenvalue weighted by atomic mass is 10.2. The Morgan fingerprint density at radius 1 is 1.24 bits per heavy atom. The Labute approximate surface area is 122 Å². The zero-order valence-electron chi connectivity index (χ0n) is 11.3. The number of alkyl halides is 2. The Hall–Kier alpha value is -1.56. The third kappa shape index (κ3) is 6.62. The van der Waals surface area contributed by atoms with E-state index in [4.69, 9.17) is 5.26 Å². The SMILES string of the molecule is N#Cc1ccc(S(=O)(=O)CCNCCOCC(F)F)cc1. The van der Waals surface area contributed by atoms with Crippen molar-refractivity contribution in [2.45, 2.75) is 11.3 Å². The predicted molar refractivity (Wildman–Crippen MR) is 72.9 cm³/mol. The molecule has 0 amide bonds. The molecule has 1 N–H and O–H groups in total. The fraction of sp³-hybridized carbons (Fsp3) is 0.462. The molecule has 116 valence electrons. The number of benzene rings is 1. The van der Waals surface area contributed by atoms with Gasteiger partial charge in [0.25, 0.3) is 6.43 Å². The van der Waals surface area contributed by atoms with Crippen LogP contribution in [0, 0.1) is 11.3 Å². The molecular weight excluding hydrogens is 302 g/mol. The van der Waals surface area contributed by atoms with Gasteiger partial charge in [-0.2, -0.15) is 5.26 Å². The largest absolute Gasteiger partial charge is 0.374 e. The van der Waals surface area contributed by atoms with Crippen molar-refractivity contribution in [1.82, 2.24) is 5.32 Å². The smallest absolute Gasteiger partial charge is 0.261 e. The molecule has 0 radical (unpaired) electrons. The van der Waals surface area contributed by atoms with Gasteiger partial charge < -0.3 is 10.1 Å². The van der Waals surface area contributed by atoms with Gasteiger partial charge >= 0.3 is 0 Å². The van der Waals surface area contributed by atoms with Crippen LogP contribution in [0.1, 0.15) is 5.56 Å². The average Bonchev–Trinajstić information content (AvgIpc) is 2.46. The first-order valence-electron chi connectivity index (χ1n) is 6.25. The molecule has 1 rings (SSSR count). The average molecular weight is 318 g/mol. The summed E-state index contributed by atoms with van der Waals surface area (Å²) in [5.74, 6) is -0.117. The fourth-order valence-corrected chi connectivity index (χ4v) is 2.70. The molecule has 1 aromatic rings. The van der Waals surface area contributed by atoms with Crippen LogP contribution in [0.3, 0.4) is 0 Å². The van der Waals surface area contributed by atoms with Crippen molar-refractivity contribution in [3.05, 3.63) is 29.8 Å². The molecule has 0 atom stereocenters. The molecule has 0 aliphatic rings. The van der Waals surface area contributed by atoms with Crippen molar-refractivity contribution in [3.8, 4) is 6.07 Å². The third-order valence-electron chi connectivity index (χ3n) is 2.56. The molecule has 0 spiro atoms. The number of halogens is 2. The van der Waals surface area contributed by atoms with E-state index in [1.165, 1.54) is 24.3 Å². The molecule has 0 aliphatic heterocycles. The number of hydrogen-bond donors (Lipinski definition) is 1. The molecular formula is C13H16F2N2O3S. The molecule has 0 aliphatic carbocycles. The highest BCUT2D eigenvalue weighted by Gasteiger charge is 2.13. The van der Waals surface area contributed by atoms with E-state index < -0.39 is 22.9 Å². The molecule has 0 bridgehead atoms. The normalized spacial score (nSPS) is 11.5. The molecule has 0 saturated carbocycles. The van der Waals surface area contributed by atoms with Crippen molar-refractivity contribution < 1.29 is 21.9 Å². The van der Waals surface area contributed by atoms with Crippen molar-refractivity contribution in [2.24, 2.45) is 0 Å². The van der Waals surface area contributed by atoms with Gasteiger partial charge in [-0.15, -0.1) is 0 Å². The lowest BCUT2D eigenvalue weighted by Gasteiger charge is -2.07. The molecule has 0 fully saturated rings. The Balaban J connectivity index is 2.31. The summed E-state index contributed by atoms with van der Waals surface area (Å²) >= 11 is 0. The standard InChI is InChI=1S/C13H16F2N2O3S/c14-13(15)10-20-7-5-17-6-8-21(18,19)12-3-1-11(9-16)2-4-12/h1-4,13,17H,5-8,10H2. The summed E-state index contributed by atoms with van der Waals surface area (Å²) in [7, 11) is -3.42. The molecule has 1 aromatic carbocycles. The predicted octanol–water partition coefficient (Wildman–Crippen LogP) is 1.20. The summed E-state index contributed by atoms with van der Waals surface area (Å²) in [6, 6.07) is 7.57. The van der Waals surface area contributed by atoms with Crippen LogP contribution < -0.4 is 5.32 Å². The van der Waals surface area contributed by atoms with Gasteiger partial charge in [0, 0.05) is 13.1 Å². The highest BCUT2D eigenvalue weighted by atomic mass is 32.2. The molecule has 0 saturated heterocycles. The first-order chi connectivity index (χ1) is 9.95. The van der Waals surface area contributed by atoms with E-state index in [9.17, 15) is 17.2 Å². The quantitative estimate of drug-likeness (QED) is 0.692. The zero-order chi connectivity index (χ0) is 15.7. The van der Waals surface area contributed by atoms with Gasteiger partial charge in [-0.3, -0.25) is 0 Å². The summed E-state index contributed by atoms with van der Waals surface area (Å²) in [5.41, 5.74) is 0.392. The lowest BCUT2D eigenvalue weighted by Crippen LogP contribution is -2.26. The summed E-state index contributed by atoms with van der Waals surface area (Å²) < 4.78 is 52.1. The van der Waals surface area contributed by atoms with Gasteiger partial charge in [-0.25, -0.2) is 17.2 Å². The van der Waals surface area contributed by atoms with Crippen LogP contribution in [0.15, 0.2) is 29.2 Å². The van der Waals surface area contributed by atoms with E-state index >= 15 is 0 Å². The second-order valence-electron chi connectivity index (χ2n) is 4.17. The maximum atomic E-state index is 12.0. The maximum absolute atomic E-state index is 12.0. The molecule has 0 heterocycles. The Morgan fingerprint density at radius 3 is 2.48 bits per heavy atom. The van der Waals surface area contributed by atoms with Gasteiger partial charge in [0.15, 0.2) is 9.84 Å². The molecule has 5 nitrogen and oxygen atoms in total. The number of nitrogens with zero attached hydrogens (tertiary/aromatic N) is 1. The third-order valence-corrected chi connectivity index (χ3v) is 4.29. The minimum atomic E-state index is -3.42. The van der Waals surface area contributed by atoms with E-state index in [0.29, 0.717) is 12.1 Å². The van der Waals surface area contributed by atoms with E-state index in [0.717, 1.165) is 0 Å². The first-order valence-corrected chi connectivity index (χ1v) is 7.90. The van der Waals surface area contributed by atoms with Crippen LogP contribution in [0.2, 0.25) is 0 Å². The van der Waals surface area contributed by atoms with Crippen molar-refractivity contribution in [1.29, 1.82) is 5.26 Å².